The number of hydrogen-bond donors (Lipinski definition) is 1. The molecular formula is C13H14F3N3S. The molecule has 0 bridgehead atoms. The quantitative estimate of drug-likeness (QED) is 0.938. The summed E-state index contributed by atoms with van der Waals surface area (Å²) in [4.78, 5) is 8.18. The predicted octanol–water partition coefficient (Wildman–Crippen LogP) is 3.56. The van der Waals surface area contributed by atoms with Gasteiger partial charge in [-0.1, -0.05) is 13.0 Å². The lowest BCUT2D eigenvalue weighted by molar-refractivity contribution is -0.137. The van der Waals surface area contributed by atoms with Crippen molar-refractivity contribution >= 4 is 11.3 Å². The standard InChI is InChI=1S/C13H14F3N3S/c1-3-17-11(9-5-4-8(2)18-6-9)10-7-19-12(20-10)13(14,15)16/h4-7,11,17H,3H2,1-2H3. The van der Waals surface area contributed by atoms with E-state index in [0.29, 0.717) is 22.8 Å². The van der Waals surface area contributed by atoms with Crippen LogP contribution in [0.2, 0.25) is 0 Å². The van der Waals surface area contributed by atoms with E-state index in [1.54, 1.807) is 6.20 Å². The number of nitrogens with zero attached hydrogens (tertiary/aromatic N) is 2. The molecule has 0 aliphatic rings. The van der Waals surface area contributed by atoms with Crippen LogP contribution in [0.15, 0.2) is 24.5 Å². The van der Waals surface area contributed by atoms with Gasteiger partial charge in [-0.15, -0.1) is 11.3 Å². The van der Waals surface area contributed by atoms with Crippen molar-refractivity contribution in [1.29, 1.82) is 0 Å². The zero-order valence-corrected chi connectivity index (χ0v) is 11.8. The molecule has 0 aromatic carbocycles. The van der Waals surface area contributed by atoms with E-state index in [2.05, 4.69) is 15.3 Å². The van der Waals surface area contributed by atoms with Crippen molar-refractivity contribution in [3.05, 3.63) is 45.7 Å². The van der Waals surface area contributed by atoms with Crippen LogP contribution in [0.3, 0.4) is 0 Å². The largest absolute Gasteiger partial charge is 0.443 e. The summed E-state index contributed by atoms with van der Waals surface area (Å²) in [7, 11) is 0. The summed E-state index contributed by atoms with van der Waals surface area (Å²) in [5.74, 6) is 0. The van der Waals surface area contributed by atoms with Gasteiger partial charge in [0.25, 0.3) is 0 Å². The highest BCUT2D eigenvalue weighted by Crippen LogP contribution is 2.35. The zero-order chi connectivity index (χ0) is 14.8. The van der Waals surface area contributed by atoms with E-state index in [1.165, 1.54) is 6.20 Å². The van der Waals surface area contributed by atoms with Crippen LogP contribution < -0.4 is 5.32 Å². The van der Waals surface area contributed by atoms with Gasteiger partial charge in [-0.3, -0.25) is 4.98 Å². The van der Waals surface area contributed by atoms with Crippen molar-refractivity contribution in [2.75, 3.05) is 6.54 Å². The molecule has 1 unspecified atom stereocenters. The predicted molar refractivity (Wildman–Crippen MR) is 71.6 cm³/mol. The molecule has 0 spiro atoms. The van der Waals surface area contributed by atoms with Gasteiger partial charge in [0.2, 0.25) is 0 Å². The monoisotopic (exact) mass is 301 g/mol. The van der Waals surface area contributed by atoms with Crippen LogP contribution in [-0.4, -0.2) is 16.5 Å². The van der Waals surface area contributed by atoms with E-state index in [9.17, 15) is 13.2 Å². The van der Waals surface area contributed by atoms with E-state index in [-0.39, 0.29) is 6.04 Å². The number of aryl methyl sites for hydroxylation is 1. The molecular weight excluding hydrogens is 287 g/mol. The van der Waals surface area contributed by atoms with Gasteiger partial charge in [0.05, 0.1) is 6.04 Å². The third-order valence-electron chi connectivity index (χ3n) is 2.73. The van der Waals surface area contributed by atoms with Crippen LogP contribution in [0.25, 0.3) is 0 Å². The zero-order valence-electron chi connectivity index (χ0n) is 11.0. The Kier molecular flexibility index (Phi) is 4.39. The highest BCUT2D eigenvalue weighted by atomic mass is 32.1. The summed E-state index contributed by atoms with van der Waals surface area (Å²) >= 11 is 0.661. The minimum Gasteiger partial charge on any atom is -0.306 e. The smallest absolute Gasteiger partial charge is 0.306 e. The Bertz CT molecular complexity index is 563. The summed E-state index contributed by atoms with van der Waals surface area (Å²) in [5.41, 5.74) is 1.69. The minimum atomic E-state index is -4.40. The number of rotatable bonds is 4. The van der Waals surface area contributed by atoms with Gasteiger partial charge in [-0.05, 0) is 25.1 Å². The van der Waals surface area contributed by atoms with Gasteiger partial charge >= 0.3 is 6.18 Å². The van der Waals surface area contributed by atoms with E-state index < -0.39 is 11.2 Å². The Hall–Kier alpha value is -1.47. The fraction of sp³-hybridized carbons (Fsp3) is 0.385. The van der Waals surface area contributed by atoms with Crippen LogP contribution in [0.5, 0.6) is 0 Å². The number of thiazole rings is 1. The molecule has 0 saturated heterocycles. The maximum Gasteiger partial charge on any atom is 0.443 e. The molecule has 0 amide bonds. The Morgan fingerprint density at radius 3 is 2.50 bits per heavy atom. The van der Waals surface area contributed by atoms with Gasteiger partial charge in [0.1, 0.15) is 0 Å². The average molecular weight is 301 g/mol. The van der Waals surface area contributed by atoms with Gasteiger partial charge in [-0.2, -0.15) is 13.2 Å². The van der Waals surface area contributed by atoms with Crippen molar-refractivity contribution in [1.82, 2.24) is 15.3 Å². The molecule has 2 heterocycles. The Morgan fingerprint density at radius 1 is 1.25 bits per heavy atom. The second-order valence-electron chi connectivity index (χ2n) is 4.29. The molecule has 3 nitrogen and oxygen atoms in total. The number of halogens is 3. The summed E-state index contributed by atoms with van der Waals surface area (Å²) in [6.07, 6.45) is -1.44. The van der Waals surface area contributed by atoms with Crippen molar-refractivity contribution in [2.45, 2.75) is 26.1 Å². The molecule has 2 aromatic heterocycles. The second-order valence-corrected chi connectivity index (χ2v) is 5.35. The molecule has 0 radical (unpaired) electrons. The third-order valence-corrected chi connectivity index (χ3v) is 3.83. The van der Waals surface area contributed by atoms with Crippen LogP contribution in [0.1, 0.15) is 34.1 Å². The lowest BCUT2D eigenvalue weighted by Crippen LogP contribution is -2.21. The molecule has 0 aliphatic carbocycles. The molecule has 1 N–H and O–H groups in total. The van der Waals surface area contributed by atoms with Crippen molar-refractivity contribution < 1.29 is 13.2 Å². The maximum absolute atomic E-state index is 12.6. The summed E-state index contributed by atoms with van der Waals surface area (Å²) in [5, 5.41) is 2.34. The van der Waals surface area contributed by atoms with E-state index in [4.69, 9.17) is 0 Å². The second kappa shape index (κ2) is 5.88. The normalized spacial score (nSPS) is 13.4. The fourth-order valence-electron chi connectivity index (χ4n) is 1.79. The molecule has 108 valence electrons. The third kappa shape index (κ3) is 3.34. The maximum atomic E-state index is 12.6. The molecule has 7 heteroatoms. The number of alkyl halides is 3. The van der Waals surface area contributed by atoms with Crippen molar-refractivity contribution in [3.63, 3.8) is 0 Å². The van der Waals surface area contributed by atoms with Crippen LogP contribution in [0, 0.1) is 6.92 Å². The van der Waals surface area contributed by atoms with Gasteiger partial charge in [0.15, 0.2) is 5.01 Å². The minimum absolute atomic E-state index is 0.318. The molecule has 1 atom stereocenters. The van der Waals surface area contributed by atoms with Gasteiger partial charge in [0, 0.05) is 23.0 Å². The number of hydrogen-bond acceptors (Lipinski definition) is 4. The van der Waals surface area contributed by atoms with Crippen LogP contribution in [0.4, 0.5) is 13.2 Å². The first-order valence-corrected chi connectivity index (χ1v) is 6.92. The van der Waals surface area contributed by atoms with E-state index in [1.807, 2.05) is 26.0 Å². The lowest BCUT2D eigenvalue weighted by Gasteiger charge is -2.16. The Morgan fingerprint density at radius 2 is 2.00 bits per heavy atom. The SMILES string of the molecule is CCNC(c1ccc(C)nc1)c1cnc(C(F)(F)F)s1. The van der Waals surface area contributed by atoms with E-state index >= 15 is 0 Å². The molecule has 0 saturated carbocycles. The number of aromatic nitrogens is 2. The molecule has 0 fully saturated rings. The van der Waals surface area contributed by atoms with Crippen molar-refractivity contribution in [2.24, 2.45) is 0 Å². The lowest BCUT2D eigenvalue weighted by atomic mass is 10.1. The summed E-state index contributed by atoms with van der Waals surface area (Å²) < 4.78 is 37.9. The topological polar surface area (TPSA) is 37.8 Å². The van der Waals surface area contributed by atoms with E-state index in [0.717, 1.165) is 11.3 Å². The van der Waals surface area contributed by atoms with Gasteiger partial charge in [-0.25, -0.2) is 4.98 Å². The average Bonchev–Trinajstić information content (AvgIpc) is 2.86. The number of nitrogens with one attached hydrogen (secondary N) is 1. The van der Waals surface area contributed by atoms with Gasteiger partial charge < -0.3 is 5.32 Å². The fourth-order valence-corrected chi connectivity index (χ4v) is 2.68. The van der Waals surface area contributed by atoms with Crippen LogP contribution in [-0.2, 0) is 6.18 Å². The van der Waals surface area contributed by atoms with Crippen molar-refractivity contribution in [3.8, 4) is 0 Å². The first-order valence-electron chi connectivity index (χ1n) is 6.10. The molecule has 2 aromatic rings. The first-order chi connectivity index (χ1) is 9.41. The summed E-state index contributed by atoms with van der Waals surface area (Å²) in [6, 6.07) is 3.38. The number of pyridine rings is 1. The highest BCUT2D eigenvalue weighted by Gasteiger charge is 2.35. The van der Waals surface area contributed by atoms with Crippen LogP contribution >= 0.6 is 11.3 Å². The molecule has 20 heavy (non-hydrogen) atoms. The highest BCUT2D eigenvalue weighted by molar-refractivity contribution is 7.11. The molecule has 2 rings (SSSR count). The molecule has 0 aliphatic heterocycles. The Labute approximate surface area is 118 Å². The Balaban J connectivity index is 2.33. The first kappa shape index (κ1) is 14.9. The summed E-state index contributed by atoms with van der Waals surface area (Å²) in [6.45, 7) is 4.40.